The molecule has 2 heterocycles. The predicted octanol–water partition coefficient (Wildman–Crippen LogP) is 14.8. The van der Waals surface area contributed by atoms with E-state index in [9.17, 15) is 0 Å². The smallest absolute Gasteiger partial charge is 0.0541 e. The van der Waals surface area contributed by atoms with Crippen molar-refractivity contribution in [3.05, 3.63) is 194 Å². The maximum atomic E-state index is 2.50. The summed E-state index contributed by atoms with van der Waals surface area (Å²) in [5.41, 5.74) is 17.0. The molecule has 10 aromatic rings. The van der Waals surface area contributed by atoms with Gasteiger partial charge < -0.3 is 9.80 Å². The lowest BCUT2D eigenvalue weighted by atomic mass is 9.91. The third-order valence-electron chi connectivity index (χ3n) is 11.7. The Balaban J connectivity index is 1.15. The van der Waals surface area contributed by atoms with Crippen molar-refractivity contribution < 1.29 is 0 Å². The van der Waals surface area contributed by atoms with E-state index in [0.717, 1.165) is 0 Å². The van der Waals surface area contributed by atoms with Crippen LogP contribution in [-0.2, 0) is 0 Å². The topological polar surface area (TPSA) is 6.48 Å². The molecule has 2 heteroatoms. The molecule has 12 rings (SSSR count). The maximum absolute atomic E-state index is 2.50. The molecule has 0 spiro atoms. The molecule has 0 aromatic heterocycles. The average Bonchev–Trinajstić information content (AvgIpc) is 3.45. The average molecular weight is 685 g/mol. The molecule has 10 aromatic carbocycles. The molecular weight excluding hydrogens is 653 g/mol. The first-order valence-electron chi connectivity index (χ1n) is 18.7. The molecule has 2 aliphatic heterocycles. The summed E-state index contributed by atoms with van der Waals surface area (Å²) < 4.78 is 0. The Labute approximate surface area is 313 Å². The molecule has 0 saturated heterocycles. The minimum atomic E-state index is 1.18. The third kappa shape index (κ3) is 4.00. The zero-order valence-corrected chi connectivity index (χ0v) is 29.4. The summed E-state index contributed by atoms with van der Waals surface area (Å²) in [7, 11) is 0. The van der Waals surface area contributed by atoms with Crippen molar-refractivity contribution in [1.29, 1.82) is 0 Å². The highest BCUT2D eigenvalue weighted by Gasteiger charge is 2.29. The Kier molecular flexibility index (Phi) is 6.09. The molecule has 54 heavy (non-hydrogen) atoms. The Morgan fingerprint density at radius 2 is 0.463 bits per heavy atom. The summed E-state index contributed by atoms with van der Waals surface area (Å²) in [5.74, 6) is 0. The maximum Gasteiger partial charge on any atom is 0.0541 e. The third-order valence-corrected chi connectivity index (χ3v) is 11.7. The zero-order valence-electron chi connectivity index (χ0n) is 29.4. The molecule has 0 aliphatic carbocycles. The molecule has 2 aliphatic rings. The van der Waals surface area contributed by atoms with E-state index in [1.165, 1.54) is 111 Å². The van der Waals surface area contributed by atoms with Crippen LogP contribution in [0.5, 0.6) is 0 Å². The van der Waals surface area contributed by atoms with Crippen LogP contribution in [0.3, 0.4) is 0 Å². The number of hydrogen-bond donors (Lipinski definition) is 0. The number of rotatable bonds is 2. The highest BCUT2D eigenvalue weighted by atomic mass is 15.2. The van der Waals surface area contributed by atoms with Gasteiger partial charge in [-0.3, -0.25) is 0 Å². The summed E-state index contributed by atoms with van der Waals surface area (Å²) in [6.07, 6.45) is 0. The van der Waals surface area contributed by atoms with Gasteiger partial charge in [0, 0.05) is 33.0 Å². The fourth-order valence-corrected chi connectivity index (χ4v) is 9.43. The van der Waals surface area contributed by atoms with Crippen LogP contribution < -0.4 is 9.80 Å². The van der Waals surface area contributed by atoms with Gasteiger partial charge in [-0.05, 0) is 80.2 Å². The van der Waals surface area contributed by atoms with Crippen molar-refractivity contribution in [3.8, 4) is 44.5 Å². The molecular formula is C52H32N2. The molecule has 0 amide bonds. The molecule has 0 radical (unpaired) electrons. The van der Waals surface area contributed by atoms with Gasteiger partial charge in [-0.2, -0.15) is 0 Å². The summed E-state index contributed by atoms with van der Waals surface area (Å²) in [5, 5.41) is 7.55. The lowest BCUT2D eigenvalue weighted by Crippen LogP contribution is -2.12. The summed E-state index contributed by atoms with van der Waals surface area (Å²) in [4.78, 5) is 4.99. The Morgan fingerprint density at radius 1 is 0.204 bits per heavy atom. The lowest BCUT2D eigenvalue weighted by Gasteiger charge is -2.30. The molecule has 0 N–H and O–H groups in total. The normalized spacial score (nSPS) is 12.7. The van der Waals surface area contributed by atoms with E-state index in [4.69, 9.17) is 0 Å². The first-order valence-corrected chi connectivity index (χ1v) is 18.7. The van der Waals surface area contributed by atoms with Crippen LogP contribution in [-0.4, -0.2) is 0 Å². The number of para-hydroxylation sites is 4. The van der Waals surface area contributed by atoms with Crippen LogP contribution in [0.2, 0.25) is 0 Å². The van der Waals surface area contributed by atoms with Gasteiger partial charge in [0.05, 0.1) is 34.1 Å². The first-order chi connectivity index (χ1) is 26.8. The Bertz CT molecular complexity index is 2790. The van der Waals surface area contributed by atoms with E-state index in [1.807, 2.05) is 0 Å². The molecule has 0 saturated carbocycles. The van der Waals surface area contributed by atoms with Crippen molar-refractivity contribution in [2.75, 3.05) is 9.80 Å². The van der Waals surface area contributed by atoms with Crippen LogP contribution in [0.1, 0.15) is 0 Å². The lowest BCUT2D eigenvalue weighted by molar-refractivity contribution is 1.31. The molecule has 250 valence electrons. The van der Waals surface area contributed by atoms with Crippen LogP contribution in [0.25, 0.3) is 76.8 Å². The van der Waals surface area contributed by atoms with E-state index in [1.54, 1.807) is 0 Å². The highest BCUT2D eigenvalue weighted by Crippen LogP contribution is 2.55. The quantitative estimate of drug-likeness (QED) is 0.167. The van der Waals surface area contributed by atoms with Gasteiger partial charge in [-0.15, -0.1) is 0 Å². The highest BCUT2D eigenvalue weighted by molar-refractivity contribution is 6.28. The monoisotopic (exact) mass is 684 g/mol. The van der Waals surface area contributed by atoms with E-state index in [2.05, 4.69) is 204 Å². The fourth-order valence-electron chi connectivity index (χ4n) is 9.43. The van der Waals surface area contributed by atoms with E-state index >= 15 is 0 Å². The van der Waals surface area contributed by atoms with E-state index < -0.39 is 0 Å². The van der Waals surface area contributed by atoms with Gasteiger partial charge in [-0.25, -0.2) is 0 Å². The summed E-state index contributed by atoms with van der Waals surface area (Å²) in [6, 6.07) is 71.8. The summed E-state index contributed by atoms with van der Waals surface area (Å²) >= 11 is 0. The number of benzene rings is 10. The van der Waals surface area contributed by atoms with Crippen LogP contribution in [0, 0.1) is 0 Å². The van der Waals surface area contributed by atoms with Crippen molar-refractivity contribution in [1.82, 2.24) is 0 Å². The number of nitrogens with zero attached hydrogens (tertiary/aromatic N) is 2. The first kappa shape index (κ1) is 29.4. The van der Waals surface area contributed by atoms with Crippen molar-refractivity contribution >= 4 is 66.4 Å². The second kappa shape index (κ2) is 11.2. The number of fused-ring (bicyclic) bond motifs is 10. The van der Waals surface area contributed by atoms with Crippen molar-refractivity contribution in [2.24, 2.45) is 0 Å². The largest absolute Gasteiger partial charge is 0.309 e. The van der Waals surface area contributed by atoms with Crippen molar-refractivity contribution in [2.45, 2.75) is 0 Å². The fraction of sp³-hybridized carbons (Fsp3) is 0. The van der Waals surface area contributed by atoms with E-state index in [-0.39, 0.29) is 0 Å². The number of anilines is 6. The van der Waals surface area contributed by atoms with Crippen LogP contribution in [0.15, 0.2) is 194 Å². The van der Waals surface area contributed by atoms with Gasteiger partial charge in [0.15, 0.2) is 0 Å². The molecule has 2 nitrogen and oxygen atoms in total. The molecule has 0 unspecified atom stereocenters. The zero-order chi connectivity index (χ0) is 35.3. The van der Waals surface area contributed by atoms with E-state index in [0.29, 0.717) is 0 Å². The standard InChI is InChI=1S/C52H32N2/c1-2-14-36-35(13-1)39-17-5-9-21-45(39)53(46-22-10-6-18-40(36)46)49-31-27-33-25-26-34-28-32-50(44-30-29-43(49)51(33)52(34)44)54-47-23-11-7-19-41(47)37-15-3-4-16-38(37)42-20-8-12-24-48(42)54/h1-32H. The molecule has 0 fully saturated rings. The minimum absolute atomic E-state index is 1.18. The van der Waals surface area contributed by atoms with Gasteiger partial charge >= 0.3 is 0 Å². The predicted molar refractivity (Wildman–Crippen MR) is 228 cm³/mol. The van der Waals surface area contributed by atoms with Crippen LogP contribution in [0.4, 0.5) is 34.1 Å². The Morgan fingerprint density at radius 3 is 0.778 bits per heavy atom. The number of hydrogen-bond acceptors (Lipinski definition) is 2. The van der Waals surface area contributed by atoms with Crippen molar-refractivity contribution in [3.63, 3.8) is 0 Å². The molecule has 0 bridgehead atoms. The van der Waals surface area contributed by atoms with Gasteiger partial charge in [-0.1, -0.05) is 158 Å². The van der Waals surface area contributed by atoms with Gasteiger partial charge in [0.25, 0.3) is 0 Å². The van der Waals surface area contributed by atoms with Crippen LogP contribution >= 0.6 is 0 Å². The second-order valence-electron chi connectivity index (χ2n) is 14.4. The van der Waals surface area contributed by atoms with Gasteiger partial charge in [0.2, 0.25) is 0 Å². The Hall–Kier alpha value is -7.16. The second-order valence-corrected chi connectivity index (χ2v) is 14.4. The summed E-state index contributed by atoms with van der Waals surface area (Å²) in [6.45, 7) is 0. The van der Waals surface area contributed by atoms with Gasteiger partial charge in [0.1, 0.15) is 0 Å². The minimum Gasteiger partial charge on any atom is -0.309 e. The SMILES string of the molecule is c1ccc2c(c1)-c1ccccc1N(c1ccc3ccc4ccc(N5c6ccccc6-c6ccccc6-c6ccccc65)c5ccc1c3c45)c1ccccc1-2. The molecule has 0 atom stereocenters.